The van der Waals surface area contributed by atoms with E-state index in [1.54, 1.807) is 19.4 Å². The molecule has 2 aliphatic rings. The van der Waals surface area contributed by atoms with E-state index in [0.717, 1.165) is 31.9 Å². The molecule has 2 fully saturated rings. The Bertz CT molecular complexity index is 825. The molecule has 0 spiro atoms. The van der Waals surface area contributed by atoms with Gasteiger partial charge >= 0.3 is 0 Å². The van der Waals surface area contributed by atoms with Crippen LogP contribution in [-0.2, 0) is 16.1 Å². The van der Waals surface area contributed by atoms with E-state index in [9.17, 15) is 4.79 Å². The monoisotopic (exact) mass is 529 g/mol. The number of H-pyrrole nitrogens is 1. The molecule has 4 heterocycles. The highest BCUT2D eigenvalue weighted by Crippen LogP contribution is 2.20. The minimum absolute atomic E-state index is 0. The second-order valence-corrected chi connectivity index (χ2v) is 7.18. The Morgan fingerprint density at radius 1 is 1.27 bits per heavy atom. The molecule has 2 aromatic rings. The predicted octanol–water partition coefficient (Wildman–Crippen LogP) is 1.33. The van der Waals surface area contributed by atoms with E-state index in [0.29, 0.717) is 50.3 Å². The molecule has 2 saturated heterocycles. The van der Waals surface area contributed by atoms with Crippen LogP contribution in [0, 0.1) is 5.92 Å². The Kier molecular flexibility index (Phi) is 8.08. The minimum atomic E-state index is 0. The number of guanidine groups is 1. The number of morpholine rings is 1. The number of piperidine rings is 1. The van der Waals surface area contributed by atoms with Gasteiger partial charge in [-0.05, 0) is 25.0 Å². The number of halogens is 1. The van der Waals surface area contributed by atoms with Crippen LogP contribution in [0.1, 0.15) is 18.7 Å². The number of ether oxygens (including phenoxy) is 1. The summed E-state index contributed by atoms with van der Waals surface area (Å²) in [5.74, 6) is 3.02. The van der Waals surface area contributed by atoms with Crippen molar-refractivity contribution in [2.24, 2.45) is 10.9 Å². The summed E-state index contributed by atoms with van der Waals surface area (Å²) in [5, 5.41) is 10.4. The lowest BCUT2D eigenvalue weighted by atomic mass is 9.95. The average Bonchev–Trinajstić information content (AvgIpc) is 3.47. The number of nitrogens with one attached hydrogen (secondary N) is 2. The quantitative estimate of drug-likeness (QED) is 0.349. The first kappa shape index (κ1) is 22.5. The van der Waals surface area contributed by atoms with Gasteiger partial charge in [-0.1, -0.05) is 0 Å². The van der Waals surface area contributed by atoms with E-state index in [-0.39, 0.29) is 35.8 Å². The van der Waals surface area contributed by atoms with Gasteiger partial charge < -0.3 is 24.3 Å². The maximum absolute atomic E-state index is 12.7. The van der Waals surface area contributed by atoms with Crippen LogP contribution in [0.3, 0.4) is 0 Å². The molecule has 0 bridgehead atoms. The Morgan fingerprint density at radius 3 is 2.70 bits per heavy atom. The van der Waals surface area contributed by atoms with Crippen LogP contribution >= 0.6 is 24.0 Å². The summed E-state index contributed by atoms with van der Waals surface area (Å²) in [4.78, 5) is 25.6. The highest BCUT2D eigenvalue weighted by Gasteiger charge is 2.30. The summed E-state index contributed by atoms with van der Waals surface area (Å²) in [5.41, 5.74) is 0. The molecular formula is C19H28IN7O3. The Balaban J connectivity index is 0.00000256. The molecule has 10 nitrogen and oxygen atoms in total. The molecule has 0 atom stereocenters. The van der Waals surface area contributed by atoms with Crippen molar-refractivity contribution >= 4 is 35.8 Å². The molecule has 1 amide bonds. The number of nitrogens with zero attached hydrogens (tertiary/aromatic N) is 5. The van der Waals surface area contributed by atoms with Gasteiger partial charge in [0.1, 0.15) is 5.82 Å². The fraction of sp³-hybridized carbons (Fsp3) is 0.579. The third-order valence-electron chi connectivity index (χ3n) is 5.37. The van der Waals surface area contributed by atoms with E-state index >= 15 is 0 Å². The van der Waals surface area contributed by atoms with Crippen LogP contribution in [0.5, 0.6) is 0 Å². The van der Waals surface area contributed by atoms with Crippen molar-refractivity contribution < 1.29 is 13.9 Å². The maximum Gasteiger partial charge on any atom is 0.225 e. The molecule has 11 heteroatoms. The average molecular weight is 529 g/mol. The first-order valence-corrected chi connectivity index (χ1v) is 10.0. The Labute approximate surface area is 192 Å². The van der Waals surface area contributed by atoms with Crippen molar-refractivity contribution in [3.63, 3.8) is 0 Å². The van der Waals surface area contributed by atoms with Crippen molar-refractivity contribution in [1.82, 2.24) is 30.3 Å². The number of carbonyl (C=O) groups excluding carboxylic acids is 1. The molecule has 0 aliphatic carbocycles. The van der Waals surface area contributed by atoms with Crippen LogP contribution in [-0.4, -0.2) is 83.3 Å². The summed E-state index contributed by atoms with van der Waals surface area (Å²) in [7, 11) is 1.77. The molecule has 2 N–H and O–H groups in total. The molecule has 0 aromatic carbocycles. The van der Waals surface area contributed by atoms with Gasteiger partial charge in [-0.25, -0.2) is 4.98 Å². The number of likely N-dealkylation sites (tertiary alicyclic amines) is 1. The topological polar surface area (TPSA) is 112 Å². The number of aliphatic imine (C=N–C) groups is 1. The fourth-order valence-electron chi connectivity index (χ4n) is 3.77. The highest BCUT2D eigenvalue weighted by atomic mass is 127. The molecule has 0 unspecified atom stereocenters. The summed E-state index contributed by atoms with van der Waals surface area (Å²) in [6, 6.07) is 3.63. The summed E-state index contributed by atoms with van der Waals surface area (Å²) in [6.45, 7) is 4.78. The normalized spacial score (nSPS) is 18.2. The second kappa shape index (κ2) is 10.8. The number of hydrogen-bond donors (Lipinski definition) is 2. The summed E-state index contributed by atoms with van der Waals surface area (Å²) < 4.78 is 10.7. The molecule has 0 saturated carbocycles. The zero-order chi connectivity index (χ0) is 20.1. The van der Waals surface area contributed by atoms with Gasteiger partial charge in [-0.3, -0.25) is 14.9 Å². The van der Waals surface area contributed by atoms with Gasteiger partial charge in [0.25, 0.3) is 0 Å². The molecule has 30 heavy (non-hydrogen) atoms. The highest BCUT2D eigenvalue weighted by molar-refractivity contribution is 14.0. The van der Waals surface area contributed by atoms with E-state index in [1.807, 2.05) is 11.0 Å². The van der Waals surface area contributed by atoms with Crippen LogP contribution in [0.25, 0.3) is 11.6 Å². The van der Waals surface area contributed by atoms with E-state index in [2.05, 4.69) is 30.4 Å². The molecule has 2 aromatic heterocycles. The fourth-order valence-corrected chi connectivity index (χ4v) is 3.77. The molecule has 2 aliphatic heterocycles. The van der Waals surface area contributed by atoms with E-state index in [4.69, 9.17) is 9.15 Å². The van der Waals surface area contributed by atoms with E-state index in [1.165, 1.54) is 0 Å². The van der Waals surface area contributed by atoms with Crippen molar-refractivity contribution in [2.45, 2.75) is 19.4 Å². The number of aromatic amines is 1. The van der Waals surface area contributed by atoms with Gasteiger partial charge in [0, 0.05) is 39.1 Å². The third-order valence-corrected chi connectivity index (χ3v) is 5.37. The maximum atomic E-state index is 12.7. The van der Waals surface area contributed by atoms with Crippen LogP contribution in [0.4, 0.5) is 0 Å². The lowest BCUT2D eigenvalue weighted by Gasteiger charge is -2.36. The Morgan fingerprint density at radius 2 is 2.03 bits per heavy atom. The lowest BCUT2D eigenvalue weighted by molar-refractivity contribution is -0.140. The number of amides is 1. The van der Waals surface area contributed by atoms with Crippen molar-refractivity contribution in [3.8, 4) is 11.6 Å². The van der Waals surface area contributed by atoms with Crippen LogP contribution in [0.15, 0.2) is 27.8 Å². The number of aromatic nitrogens is 3. The summed E-state index contributed by atoms with van der Waals surface area (Å²) >= 11 is 0. The molecule has 164 valence electrons. The standard InChI is InChI=1S/C19H27N7O3.HI/c1-20-19(21-13-16-22-17(24-23-16)15-3-2-10-29-15)26-6-4-14(5-7-26)18(27)25-8-11-28-12-9-25;/h2-3,10,14H,4-9,11-13H2,1H3,(H,20,21)(H,22,23,24);1H. The van der Waals surface area contributed by atoms with Gasteiger partial charge in [-0.2, -0.15) is 0 Å². The molecule has 0 radical (unpaired) electrons. The van der Waals surface area contributed by atoms with E-state index < -0.39 is 0 Å². The predicted molar refractivity (Wildman–Crippen MR) is 121 cm³/mol. The first-order valence-electron chi connectivity index (χ1n) is 10.0. The number of furan rings is 1. The van der Waals surface area contributed by atoms with Crippen molar-refractivity contribution in [2.75, 3.05) is 46.4 Å². The zero-order valence-corrected chi connectivity index (χ0v) is 19.4. The molecule has 4 rings (SSSR count). The Hall–Kier alpha value is -2.15. The van der Waals surface area contributed by atoms with Crippen LogP contribution in [0.2, 0.25) is 0 Å². The zero-order valence-electron chi connectivity index (χ0n) is 17.0. The van der Waals surface area contributed by atoms with Gasteiger partial charge in [0.05, 0.1) is 26.0 Å². The second-order valence-electron chi connectivity index (χ2n) is 7.18. The number of rotatable bonds is 4. The number of carbonyl (C=O) groups is 1. The smallest absolute Gasteiger partial charge is 0.225 e. The SMILES string of the molecule is CN=C(NCc1nc(-c2ccco2)n[nH]1)N1CCC(C(=O)N2CCOCC2)CC1.I. The lowest BCUT2D eigenvalue weighted by Crippen LogP contribution is -2.49. The van der Waals surface area contributed by atoms with Gasteiger partial charge in [-0.15, -0.1) is 29.1 Å². The first-order chi connectivity index (χ1) is 14.2. The van der Waals surface area contributed by atoms with Crippen LogP contribution < -0.4 is 5.32 Å². The summed E-state index contributed by atoms with van der Waals surface area (Å²) in [6.07, 6.45) is 3.27. The third kappa shape index (κ3) is 5.31. The minimum Gasteiger partial charge on any atom is -0.461 e. The van der Waals surface area contributed by atoms with Gasteiger partial charge in [0.15, 0.2) is 11.7 Å². The van der Waals surface area contributed by atoms with Crippen molar-refractivity contribution in [3.05, 3.63) is 24.2 Å². The largest absolute Gasteiger partial charge is 0.461 e. The number of hydrogen-bond acceptors (Lipinski definition) is 6. The van der Waals surface area contributed by atoms with Crippen molar-refractivity contribution in [1.29, 1.82) is 0 Å². The van der Waals surface area contributed by atoms with Gasteiger partial charge in [0.2, 0.25) is 11.7 Å². The molecular weight excluding hydrogens is 501 g/mol.